The molecule has 1 amide bonds. The summed E-state index contributed by atoms with van der Waals surface area (Å²) < 4.78 is 22.5. The summed E-state index contributed by atoms with van der Waals surface area (Å²) in [5, 5.41) is 11.0. The van der Waals surface area contributed by atoms with Crippen LogP contribution in [0.3, 0.4) is 0 Å². The molecule has 0 aliphatic heterocycles. The zero-order valence-corrected chi connectivity index (χ0v) is 20.5. The van der Waals surface area contributed by atoms with Crippen LogP contribution in [-0.2, 0) is 37.7 Å². The fourth-order valence-electron chi connectivity index (χ4n) is 4.18. The molecular formula is C26H29CrNO5. The summed E-state index contributed by atoms with van der Waals surface area (Å²) in [6.45, 7) is 17.5. The van der Waals surface area contributed by atoms with Gasteiger partial charge in [-0.3, -0.25) is 4.79 Å². The van der Waals surface area contributed by atoms with Gasteiger partial charge in [-0.25, -0.2) is 0 Å². The molecule has 6 nitrogen and oxygen atoms in total. The van der Waals surface area contributed by atoms with Gasteiger partial charge >= 0.3 is 33.9 Å². The maximum absolute atomic E-state index is 13.1. The fourth-order valence-corrected chi connectivity index (χ4v) is 4.18. The second kappa shape index (κ2) is 17.1. The molecular weight excluding hydrogens is 458 g/mol. The van der Waals surface area contributed by atoms with Crippen LogP contribution in [0.25, 0.3) is 0 Å². The average Bonchev–Trinajstić information content (AvgIpc) is 2.83. The van der Waals surface area contributed by atoms with E-state index in [-0.39, 0.29) is 23.3 Å². The van der Waals surface area contributed by atoms with Crippen LogP contribution in [0.15, 0.2) is 42.5 Å². The summed E-state index contributed by atoms with van der Waals surface area (Å²) in [4.78, 5) is 14.9. The minimum absolute atomic E-state index is 0. The molecule has 174 valence electrons. The zero-order valence-electron chi connectivity index (χ0n) is 19.2. The van der Waals surface area contributed by atoms with E-state index in [1.807, 2.05) is 57.3 Å². The predicted octanol–water partition coefficient (Wildman–Crippen LogP) is 4.70. The van der Waals surface area contributed by atoms with Gasteiger partial charge in [-0.2, -0.15) is 0 Å². The first-order chi connectivity index (χ1) is 15.4. The number of hydrogen-bond acceptors (Lipinski definition) is 2. The van der Waals surface area contributed by atoms with Gasteiger partial charge in [0.1, 0.15) is 0 Å². The Balaban J connectivity index is 0. The third-order valence-electron chi connectivity index (χ3n) is 5.64. The van der Waals surface area contributed by atoms with Crippen LogP contribution in [0, 0.1) is 33.8 Å². The van der Waals surface area contributed by atoms with Crippen LogP contribution in [0.1, 0.15) is 59.2 Å². The molecule has 0 radical (unpaired) electrons. The second-order valence-corrected chi connectivity index (χ2v) is 7.72. The van der Waals surface area contributed by atoms with Gasteiger partial charge < -0.3 is 10.0 Å². The van der Waals surface area contributed by atoms with Crippen LogP contribution in [0.5, 0.6) is 0 Å². The molecule has 1 aliphatic rings. The molecule has 0 spiro atoms. The van der Waals surface area contributed by atoms with Gasteiger partial charge in [0, 0.05) is 42.1 Å². The molecule has 7 heteroatoms. The molecule has 33 heavy (non-hydrogen) atoms. The Hall–Kier alpha value is -2.38. The Labute approximate surface area is 207 Å². The van der Waals surface area contributed by atoms with E-state index in [1.165, 1.54) is 6.42 Å². The van der Waals surface area contributed by atoms with Crippen molar-refractivity contribution in [1.82, 2.24) is 0 Å². The molecule has 0 heterocycles. The predicted molar refractivity (Wildman–Crippen MR) is 119 cm³/mol. The summed E-state index contributed by atoms with van der Waals surface area (Å²) in [5.41, 5.74) is 4.10. The van der Waals surface area contributed by atoms with Crippen molar-refractivity contribution in [2.75, 3.05) is 11.9 Å². The van der Waals surface area contributed by atoms with E-state index in [0.29, 0.717) is 6.42 Å². The van der Waals surface area contributed by atoms with Gasteiger partial charge in [-0.1, -0.05) is 55.7 Å². The van der Waals surface area contributed by atoms with Gasteiger partial charge in [0.15, 0.2) is 0 Å². The Kier molecular flexibility index (Phi) is 17.0. The molecule has 0 aromatic heterocycles. The number of aryl methyl sites for hydroxylation is 2. The van der Waals surface area contributed by atoms with Crippen molar-refractivity contribution in [2.45, 2.75) is 58.0 Å². The van der Waals surface area contributed by atoms with Crippen molar-refractivity contribution in [3.8, 4) is 0 Å². The van der Waals surface area contributed by atoms with Crippen LogP contribution < -0.4 is 4.90 Å². The normalized spacial score (nSPS) is 13.0. The van der Waals surface area contributed by atoms with Gasteiger partial charge in [0.25, 0.3) is 5.91 Å². The molecule has 1 saturated carbocycles. The van der Waals surface area contributed by atoms with E-state index in [9.17, 15) is 9.90 Å². The molecule has 1 aliphatic carbocycles. The van der Waals surface area contributed by atoms with Gasteiger partial charge in [-0.15, -0.1) is 0 Å². The van der Waals surface area contributed by atoms with Crippen LogP contribution in [0.2, 0.25) is 0 Å². The minimum atomic E-state index is -0.645. The monoisotopic (exact) mass is 487 g/mol. The average molecular weight is 488 g/mol. The molecule has 0 saturated heterocycles. The van der Waals surface area contributed by atoms with Gasteiger partial charge in [0.05, 0.1) is 5.60 Å². The largest absolute Gasteiger partial charge is 0 e. The maximum atomic E-state index is 13.1. The molecule has 0 unspecified atom stereocenters. The fraction of sp³-hybridized carbons (Fsp3) is 0.385. The minimum Gasteiger partial charge on any atom is 0 e. The van der Waals surface area contributed by atoms with Crippen molar-refractivity contribution < 1.29 is 41.2 Å². The summed E-state index contributed by atoms with van der Waals surface area (Å²) in [6, 6.07) is 13.8. The SMILES string of the molecule is Cc1ccccc1C(=O)N(C)c1c(C)cccc1CC1(O)CCCCC1.[C-]#[O+].[C-]#[O+].[C-]#[O+].[Cr]. The molecule has 2 aromatic carbocycles. The summed E-state index contributed by atoms with van der Waals surface area (Å²) >= 11 is 0. The van der Waals surface area contributed by atoms with Crippen LogP contribution in [-0.4, -0.2) is 23.7 Å². The van der Waals surface area contributed by atoms with Crippen LogP contribution in [0.4, 0.5) is 5.69 Å². The van der Waals surface area contributed by atoms with E-state index < -0.39 is 5.60 Å². The molecule has 3 rings (SSSR count). The Morgan fingerprint density at radius 3 is 1.97 bits per heavy atom. The zero-order chi connectivity index (χ0) is 24.7. The topological polar surface area (TPSA) is 100 Å². The summed E-state index contributed by atoms with van der Waals surface area (Å²) in [7, 11) is 1.84. The van der Waals surface area contributed by atoms with E-state index in [2.05, 4.69) is 26.0 Å². The third-order valence-corrected chi connectivity index (χ3v) is 5.64. The van der Waals surface area contributed by atoms with Gasteiger partial charge in [-0.05, 0) is 49.4 Å². The molecule has 1 N–H and O–H groups in total. The Morgan fingerprint density at radius 2 is 1.42 bits per heavy atom. The third kappa shape index (κ3) is 9.18. The standard InChI is InChI=1S/C23H29NO2.3CO.Cr/c1-17-10-5-6-13-20(17)22(25)24(3)21-18(2)11-9-12-19(21)16-23(26)14-7-4-8-15-23;3*1-2;/h5-6,9-13,26H,4,7-8,14-16H2,1-3H3;;;;. The summed E-state index contributed by atoms with van der Waals surface area (Å²) in [5.74, 6) is -0.00529. The quantitative estimate of drug-likeness (QED) is 0.499. The van der Waals surface area contributed by atoms with Gasteiger partial charge in [0.2, 0.25) is 0 Å². The Bertz CT molecular complexity index is 916. The summed E-state index contributed by atoms with van der Waals surface area (Å²) in [6.07, 6.45) is 5.65. The van der Waals surface area contributed by atoms with E-state index in [0.717, 1.165) is 53.6 Å². The molecule has 1 fully saturated rings. The number of hydrogen-bond donors (Lipinski definition) is 1. The second-order valence-electron chi connectivity index (χ2n) is 7.72. The first-order valence-corrected chi connectivity index (χ1v) is 10.2. The Morgan fingerprint density at radius 1 is 0.909 bits per heavy atom. The maximum Gasteiger partial charge on any atom is 0 e. The number of aliphatic hydroxyl groups is 1. The first kappa shape index (κ1) is 32.8. The number of benzene rings is 2. The molecule has 0 atom stereocenters. The molecule has 0 bridgehead atoms. The number of carbonyl (C=O) groups excluding carboxylic acids is 1. The number of amides is 1. The number of para-hydroxylation sites is 1. The van der Waals surface area contributed by atoms with E-state index in [4.69, 9.17) is 14.0 Å². The number of anilines is 1. The number of rotatable bonds is 4. The van der Waals surface area contributed by atoms with Crippen molar-refractivity contribution in [3.63, 3.8) is 0 Å². The van der Waals surface area contributed by atoms with Crippen molar-refractivity contribution in [2.24, 2.45) is 0 Å². The van der Waals surface area contributed by atoms with E-state index >= 15 is 0 Å². The smallest absolute Gasteiger partial charge is 0 e. The first-order valence-electron chi connectivity index (χ1n) is 10.2. The van der Waals surface area contributed by atoms with E-state index in [1.54, 1.807) is 4.90 Å². The number of nitrogens with zero attached hydrogens (tertiary/aromatic N) is 1. The van der Waals surface area contributed by atoms with Crippen LogP contribution >= 0.6 is 0 Å². The number of carbonyl (C=O) groups is 1. The molecule has 2 aromatic rings. The van der Waals surface area contributed by atoms with Crippen molar-refractivity contribution >= 4 is 11.6 Å². The van der Waals surface area contributed by atoms with Crippen molar-refractivity contribution in [1.29, 1.82) is 0 Å². The van der Waals surface area contributed by atoms with Crippen molar-refractivity contribution in [3.05, 3.63) is 84.7 Å².